The minimum absolute atomic E-state index is 0.191. The highest BCUT2D eigenvalue weighted by molar-refractivity contribution is 5.96. The van der Waals surface area contributed by atoms with Gasteiger partial charge in [-0.3, -0.25) is 4.79 Å². The topological polar surface area (TPSA) is 38.8 Å². The quantitative estimate of drug-likeness (QED) is 0.784. The monoisotopic (exact) mass is 233 g/mol. The van der Waals surface area contributed by atoms with Gasteiger partial charge in [0.15, 0.2) is 11.5 Å². The summed E-state index contributed by atoms with van der Waals surface area (Å²) in [5, 5.41) is 0. The van der Waals surface area contributed by atoms with Gasteiger partial charge in [-0.15, -0.1) is 0 Å². The zero-order chi connectivity index (χ0) is 12.0. The summed E-state index contributed by atoms with van der Waals surface area (Å²) in [7, 11) is 1.81. The molecule has 0 bridgehead atoms. The lowest BCUT2D eigenvalue weighted by Gasteiger charge is -2.17. The molecule has 2 atom stereocenters. The summed E-state index contributed by atoms with van der Waals surface area (Å²) >= 11 is 0. The predicted molar refractivity (Wildman–Crippen MR) is 63.2 cm³/mol. The highest BCUT2D eigenvalue weighted by atomic mass is 16.7. The molecule has 3 rings (SSSR count). The van der Waals surface area contributed by atoms with Crippen molar-refractivity contribution in [2.75, 3.05) is 18.7 Å². The van der Waals surface area contributed by atoms with E-state index < -0.39 is 0 Å². The first-order chi connectivity index (χ1) is 8.16. The van der Waals surface area contributed by atoms with E-state index >= 15 is 0 Å². The first-order valence-corrected chi connectivity index (χ1v) is 5.84. The number of carbonyl (C=O) groups is 1. The third kappa shape index (κ3) is 1.73. The molecule has 1 aromatic rings. The van der Waals surface area contributed by atoms with Crippen LogP contribution in [0.3, 0.4) is 0 Å². The van der Waals surface area contributed by atoms with Crippen LogP contribution in [-0.4, -0.2) is 19.7 Å². The van der Waals surface area contributed by atoms with Gasteiger partial charge in [0.1, 0.15) is 0 Å². The molecular weight excluding hydrogens is 218 g/mol. The lowest BCUT2D eigenvalue weighted by atomic mass is 10.2. The van der Waals surface area contributed by atoms with Gasteiger partial charge < -0.3 is 14.4 Å². The molecule has 0 saturated heterocycles. The average Bonchev–Trinajstić information content (AvgIpc) is 2.90. The fourth-order valence-corrected chi connectivity index (χ4v) is 2.14. The number of amides is 1. The highest BCUT2D eigenvalue weighted by Gasteiger charge is 2.41. The Hall–Kier alpha value is -1.71. The molecule has 17 heavy (non-hydrogen) atoms. The maximum Gasteiger partial charge on any atom is 0.231 e. The second-order valence-corrected chi connectivity index (χ2v) is 4.75. The number of hydrogen-bond acceptors (Lipinski definition) is 3. The van der Waals surface area contributed by atoms with E-state index in [2.05, 4.69) is 6.92 Å². The minimum atomic E-state index is 0.191. The number of rotatable bonds is 2. The fourth-order valence-electron chi connectivity index (χ4n) is 2.14. The van der Waals surface area contributed by atoms with Gasteiger partial charge in [0.25, 0.3) is 0 Å². The Morgan fingerprint density at radius 2 is 2.06 bits per heavy atom. The standard InChI is InChI=1S/C13H15NO3/c1-8-5-10(8)13(15)14(2)9-3-4-11-12(6-9)17-7-16-11/h3-4,6,8,10H,5,7H2,1-2H3. The first kappa shape index (κ1) is 10.4. The van der Waals surface area contributed by atoms with E-state index in [1.54, 1.807) is 4.90 Å². The van der Waals surface area contributed by atoms with Crippen molar-refractivity contribution in [3.63, 3.8) is 0 Å². The summed E-state index contributed by atoms with van der Waals surface area (Å²) in [6.45, 7) is 2.37. The van der Waals surface area contributed by atoms with E-state index in [0.29, 0.717) is 11.7 Å². The van der Waals surface area contributed by atoms with E-state index in [1.807, 2.05) is 25.2 Å². The Balaban J connectivity index is 1.81. The lowest BCUT2D eigenvalue weighted by Crippen LogP contribution is -2.28. The van der Waals surface area contributed by atoms with Crippen molar-refractivity contribution in [1.29, 1.82) is 0 Å². The smallest absolute Gasteiger partial charge is 0.231 e. The number of anilines is 1. The van der Waals surface area contributed by atoms with E-state index in [4.69, 9.17) is 9.47 Å². The summed E-state index contributed by atoms with van der Waals surface area (Å²) in [5.41, 5.74) is 0.860. The van der Waals surface area contributed by atoms with Crippen molar-refractivity contribution in [2.24, 2.45) is 11.8 Å². The Labute approximate surface area is 100 Å². The maximum atomic E-state index is 12.1. The predicted octanol–water partition coefficient (Wildman–Crippen LogP) is 2.03. The van der Waals surface area contributed by atoms with Gasteiger partial charge in [0, 0.05) is 24.7 Å². The van der Waals surface area contributed by atoms with Gasteiger partial charge in [-0.25, -0.2) is 0 Å². The molecule has 1 amide bonds. The molecule has 2 unspecified atom stereocenters. The second kappa shape index (κ2) is 3.65. The van der Waals surface area contributed by atoms with Crippen LogP contribution < -0.4 is 14.4 Å². The third-order valence-corrected chi connectivity index (χ3v) is 3.50. The summed E-state index contributed by atoms with van der Waals surface area (Å²) in [6, 6.07) is 5.59. The molecule has 1 aliphatic heterocycles. The molecule has 0 N–H and O–H groups in total. The molecule has 1 fully saturated rings. The molecule has 1 saturated carbocycles. The number of fused-ring (bicyclic) bond motifs is 1. The molecule has 0 radical (unpaired) electrons. The molecule has 4 heteroatoms. The largest absolute Gasteiger partial charge is 0.454 e. The molecule has 0 spiro atoms. The van der Waals surface area contributed by atoms with Crippen LogP contribution in [-0.2, 0) is 4.79 Å². The van der Waals surface area contributed by atoms with Crippen LogP contribution in [0.15, 0.2) is 18.2 Å². The number of carbonyl (C=O) groups excluding carboxylic acids is 1. The van der Waals surface area contributed by atoms with Crippen LogP contribution >= 0.6 is 0 Å². The van der Waals surface area contributed by atoms with Crippen molar-refractivity contribution >= 4 is 11.6 Å². The van der Waals surface area contributed by atoms with Gasteiger partial charge in [0.2, 0.25) is 12.7 Å². The van der Waals surface area contributed by atoms with E-state index in [0.717, 1.165) is 17.9 Å². The Kier molecular flexibility index (Phi) is 2.24. The number of ether oxygens (including phenoxy) is 2. The molecule has 4 nitrogen and oxygen atoms in total. The Morgan fingerprint density at radius 3 is 2.76 bits per heavy atom. The van der Waals surface area contributed by atoms with Crippen molar-refractivity contribution < 1.29 is 14.3 Å². The molecule has 90 valence electrons. The first-order valence-electron chi connectivity index (χ1n) is 5.84. The molecule has 1 aliphatic carbocycles. The van der Waals surface area contributed by atoms with E-state index in [1.165, 1.54) is 0 Å². The fraction of sp³-hybridized carbons (Fsp3) is 0.462. The highest BCUT2D eigenvalue weighted by Crippen LogP contribution is 2.41. The normalized spacial score (nSPS) is 24.6. The molecular formula is C13H15NO3. The van der Waals surface area contributed by atoms with Crippen molar-refractivity contribution in [3.05, 3.63) is 18.2 Å². The molecule has 1 heterocycles. The summed E-state index contributed by atoms with van der Waals surface area (Å²) in [6.07, 6.45) is 1.01. The average molecular weight is 233 g/mol. The number of nitrogens with zero attached hydrogens (tertiary/aromatic N) is 1. The van der Waals surface area contributed by atoms with Gasteiger partial charge in [-0.1, -0.05) is 6.92 Å². The van der Waals surface area contributed by atoms with Gasteiger partial charge in [-0.05, 0) is 24.5 Å². The zero-order valence-corrected chi connectivity index (χ0v) is 9.97. The van der Waals surface area contributed by atoms with Gasteiger partial charge >= 0.3 is 0 Å². The maximum absolute atomic E-state index is 12.1. The van der Waals surface area contributed by atoms with Crippen LogP contribution in [0, 0.1) is 11.8 Å². The minimum Gasteiger partial charge on any atom is -0.454 e. The summed E-state index contributed by atoms with van der Waals surface area (Å²) in [5.74, 6) is 2.38. The van der Waals surface area contributed by atoms with Crippen molar-refractivity contribution in [2.45, 2.75) is 13.3 Å². The van der Waals surface area contributed by atoms with Crippen LogP contribution in [0.5, 0.6) is 11.5 Å². The Bertz CT molecular complexity index is 472. The van der Waals surface area contributed by atoms with Crippen molar-refractivity contribution in [1.82, 2.24) is 0 Å². The Morgan fingerprint density at radius 1 is 1.35 bits per heavy atom. The third-order valence-electron chi connectivity index (χ3n) is 3.50. The summed E-state index contributed by atoms with van der Waals surface area (Å²) in [4.78, 5) is 13.8. The van der Waals surface area contributed by atoms with Crippen LogP contribution in [0.25, 0.3) is 0 Å². The number of benzene rings is 1. The molecule has 2 aliphatic rings. The zero-order valence-electron chi connectivity index (χ0n) is 9.97. The van der Waals surface area contributed by atoms with Crippen LogP contribution in [0.1, 0.15) is 13.3 Å². The number of hydrogen-bond donors (Lipinski definition) is 0. The van der Waals surface area contributed by atoms with Gasteiger partial charge in [-0.2, -0.15) is 0 Å². The summed E-state index contributed by atoms with van der Waals surface area (Å²) < 4.78 is 10.6. The molecule has 1 aromatic carbocycles. The lowest BCUT2D eigenvalue weighted by molar-refractivity contribution is -0.119. The van der Waals surface area contributed by atoms with Crippen LogP contribution in [0.4, 0.5) is 5.69 Å². The van der Waals surface area contributed by atoms with E-state index in [-0.39, 0.29) is 18.6 Å². The van der Waals surface area contributed by atoms with E-state index in [9.17, 15) is 4.79 Å². The van der Waals surface area contributed by atoms with Gasteiger partial charge in [0.05, 0.1) is 0 Å². The van der Waals surface area contributed by atoms with Crippen LogP contribution in [0.2, 0.25) is 0 Å². The SMILES string of the molecule is CC1CC1C(=O)N(C)c1ccc2c(c1)OCO2. The second-order valence-electron chi connectivity index (χ2n) is 4.75. The molecule has 0 aromatic heterocycles. The van der Waals surface area contributed by atoms with Crippen molar-refractivity contribution in [3.8, 4) is 11.5 Å².